The zero-order valence-electron chi connectivity index (χ0n) is 6.76. The summed E-state index contributed by atoms with van der Waals surface area (Å²) in [7, 11) is 0. The molecule has 0 radical (unpaired) electrons. The van der Waals surface area contributed by atoms with E-state index in [9.17, 15) is 4.79 Å². The topological polar surface area (TPSA) is 67.2 Å². The highest BCUT2D eigenvalue weighted by molar-refractivity contribution is 5.73. The minimum Gasteiger partial charge on any atom is -0.354 e. The summed E-state index contributed by atoms with van der Waals surface area (Å²) in [5.41, 5.74) is 2.72. The first-order valence-electron chi connectivity index (χ1n) is 3.95. The summed E-state index contributed by atoms with van der Waals surface area (Å²) in [5.74, 6) is 5.31. The Morgan fingerprint density at radius 1 is 1.45 bits per heavy atom. The highest BCUT2D eigenvalue weighted by Crippen LogP contribution is 2.17. The highest BCUT2D eigenvalue weighted by Gasteiger charge is 2.23. The predicted molar refractivity (Wildman–Crippen MR) is 42.6 cm³/mol. The van der Waals surface area contributed by atoms with Crippen molar-refractivity contribution in [3.8, 4) is 0 Å². The number of nitrogens with two attached hydrogens (primary N) is 1. The van der Waals surface area contributed by atoms with Crippen LogP contribution in [0.5, 0.6) is 0 Å². The normalized spacial score (nSPS) is 30.4. The van der Waals surface area contributed by atoms with Gasteiger partial charge in [-0.1, -0.05) is 0 Å². The molecule has 0 spiro atoms. The summed E-state index contributed by atoms with van der Waals surface area (Å²) in [6, 6.07) is 0.709. The molecule has 1 amide bonds. The average molecular weight is 157 g/mol. The molecule has 4 N–H and O–H groups in total. The number of amides is 1. The number of hydrogen-bond acceptors (Lipinski definition) is 3. The molecule has 0 aromatic heterocycles. The minimum absolute atomic E-state index is 0.0488. The Kier molecular flexibility index (Phi) is 2.84. The molecule has 0 aliphatic heterocycles. The molecule has 0 heterocycles. The van der Waals surface area contributed by atoms with Gasteiger partial charge in [-0.25, -0.2) is 0 Å². The number of hydrogen-bond donors (Lipinski definition) is 3. The zero-order chi connectivity index (χ0) is 8.27. The second-order valence-corrected chi connectivity index (χ2v) is 3.07. The van der Waals surface area contributed by atoms with Gasteiger partial charge in [0.1, 0.15) is 0 Å². The van der Waals surface area contributed by atoms with Crippen molar-refractivity contribution in [1.29, 1.82) is 0 Å². The Bertz CT molecular complexity index is 149. The molecule has 4 heteroatoms. The van der Waals surface area contributed by atoms with Crippen molar-refractivity contribution < 1.29 is 4.79 Å². The van der Waals surface area contributed by atoms with Crippen LogP contribution in [-0.4, -0.2) is 18.0 Å². The van der Waals surface area contributed by atoms with E-state index in [1.54, 1.807) is 6.92 Å². The van der Waals surface area contributed by atoms with E-state index in [4.69, 9.17) is 5.84 Å². The predicted octanol–water partition coefficient (Wildman–Crippen LogP) is -0.493. The van der Waals surface area contributed by atoms with Crippen LogP contribution in [0.1, 0.15) is 26.2 Å². The molecule has 1 rings (SSSR count). The van der Waals surface area contributed by atoms with Crippen LogP contribution in [0.2, 0.25) is 0 Å². The van der Waals surface area contributed by atoms with Gasteiger partial charge >= 0.3 is 0 Å². The zero-order valence-corrected chi connectivity index (χ0v) is 6.76. The maximum atomic E-state index is 10.6. The van der Waals surface area contributed by atoms with Crippen molar-refractivity contribution in [3.05, 3.63) is 0 Å². The van der Waals surface area contributed by atoms with Crippen LogP contribution in [0.25, 0.3) is 0 Å². The molecular formula is C7H15N3O. The summed E-state index contributed by atoms with van der Waals surface area (Å²) >= 11 is 0. The summed E-state index contributed by atoms with van der Waals surface area (Å²) in [6.07, 6.45) is 3.05. The van der Waals surface area contributed by atoms with Gasteiger partial charge in [0.2, 0.25) is 5.91 Å². The van der Waals surface area contributed by atoms with Crippen molar-refractivity contribution >= 4 is 5.91 Å². The fourth-order valence-corrected chi connectivity index (χ4v) is 1.55. The summed E-state index contributed by atoms with van der Waals surface area (Å²) in [6.45, 7) is 1.54. The molecule has 1 aliphatic carbocycles. The smallest absolute Gasteiger partial charge is 0.217 e. The first-order chi connectivity index (χ1) is 5.22. The van der Waals surface area contributed by atoms with E-state index in [0.717, 1.165) is 19.3 Å². The summed E-state index contributed by atoms with van der Waals surface area (Å²) in [5, 5.41) is 2.87. The van der Waals surface area contributed by atoms with E-state index >= 15 is 0 Å². The van der Waals surface area contributed by atoms with Crippen molar-refractivity contribution in [2.24, 2.45) is 5.84 Å². The third-order valence-corrected chi connectivity index (χ3v) is 2.08. The van der Waals surface area contributed by atoms with E-state index in [1.807, 2.05) is 0 Å². The molecular weight excluding hydrogens is 142 g/mol. The summed E-state index contributed by atoms with van der Waals surface area (Å²) in [4.78, 5) is 10.6. The molecule has 1 aliphatic rings. The van der Waals surface area contributed by atoms with Crippen LogP contribution in [0.15, 0.2) is 0 Å². The number of carbonyl (C=O) groups is 1. The molecule has 1 fully saturated rings. The molecule has 2 unspecified atom stereocenters. The van der Waals surface area contributed by atoms with E-state index in [2.05, 4.69) is 10.7 Å². The first-order valence-corrected chi connectivity index (χ1v) is 3.95. The first kappa shape index (κ1) is 8.49. The van der Waals surface area contributed by atoms with Crippen molar-refractivity contribution in [1.82, 2.24) is 10.7 Å². The second-order valence-electron chi connectivity index (χ2n) is 3.07. The lowest BCUT2D eigenvalue weighted by Gasteiger charge is -2.10. The van der Waals surface area contributed by atoms with Crippen LogP contribution < -0.4 is 16.6 Å². The molecule has 4 nitrogen and oxygen atoms in total. The lowest BCUT2D eigenvalue weighted by molar-refractivity contribution is -0.119. The van der Waals surface area contributed by atoms with Gasteiger partial charge in [-0.3, -0.25) is 16.1 Å². The fraction of sp³-hybridized carbons (Fsp3) is 0.857. The van der Waals surface area contributed by atoms with Gasteiger partial charge in [0.05, 0.1) is 0 Å². The number of carbonyl (C=O) groups excluding carboxylic acids is 1. The Balaban J connectivity index is 2.24. The molecule has 0 aromatic rings. The lowest BCUT2D eigenvalue weighted by Crippen LogP contribution is -2.36. The van der Waals surface area contributed by atoms with Crippen molar-refractivity contribution in [2.45, 2.75) is 38.3 Å². The maximum absolute atomic E-state index is 10.6. The minimum atomic E-state index is 0.0488. The monoisotopic (exact) mass is 157 g/mol. The number of nitrogens with one attached hydrogen (secondary N) is 2. The standard InChI is InChI=1S/C7H15N3O/c1-5(11)9-6-2-3-7(4-6)10-8/h6-7,10H,2-4,8H2,1H3,(H,9,11). The molecule has 64 valence electrons. The van der Waals surface area contributed by atoms with Crippen LogP contribution in [-0.2, 0) is 4.79 Å². The molecule has 0 saturated heterocycles. The Labute approximate surface area is 66.5 Å². The van der Waals surface area contributed by atoms with Gasteiger partial charge in [0, 0.05) is 19.0 Å². The third-order valence-electron chi connectivity index (χ3n) is 2.08. The van der Waals surface area contributed by atoms with Gasteiger partial charge in [0.25, 0.3) is 0 Å². The fourth-order valence-electron chi connectivity index (χ4n) is 1.55. The number of hydrazine groups is 1. The lowest BCUT2D eigenvalue weighted by atomic mass is 10.2. The second kappa shape index (κ2) is 3.69. The SMILES string of the molecule is CC(=O)NC1CCC(NN)C1. The van der Waals surface area contributed by atoms with Crippen LogP contribution in [0.4, 0.5) is 0 Å². The molecule has 0 bridgehead atoms. The van der Waals surface area contributed by atoms with Crippen molar-refractivity contribution in [2.75, 3.05) is 0 Å². The molecule has 0 aromatic carbocycles. The maximum Gasteiger partial charge on any atom is 0.217 e. The van der Waals surface area contributed by atoms with E-state index in [1.165, 1.54) is 0 Å². The molecule has 11 heavy (non-hydrogen) atoms. The van der Waals surface area contributed by atoms with E-state index < -0.39 is 0 Å². The average Bonchev–Trinajstić information content (AvgIpc) is 2.34. The summed E-state index contributed by atoms with van der Waals surface area (Å²) < 4.78 is 0. The van der Waals surface area contributed by atoms with Gasteiger partial charge in [0.15, 0.2) is 0 Å². The van der Waals surface area contributed by atoms with Crippen LogP contribution in [0.3, 0.4) is 0 Å². The highest BCUT2D eigenvalue weighted by atomic mass is 16.1. The van der Waals surface area contributed by atoms with Gasteiger partial charge < -0.3 is 5.32 Å². The molecule has 1 saturated carbocycles. The van der Waals surface area contributed by atoms with E-state index in [0.29, 0.717) is 12.1 Å². The van der Waals surface area contributed by atoms with Gasteiger partial charge in [-0.15, -0.1) is 0 Å². The van der Waals surface area contributed by atoms with Crippen molar-refractivity contribution in [3.63, 3.8) is 0 Å². The van der Waals surface area contributed by atoms with Crippen LogP contribution in [0, 0.1) is 0 Å². The Morgan fingerprint density at radius 3 is 2.55 bits per heavy atom. The third kappa shape index (κ3) is 2.48. The quantitative estimate of drug-likeness (QED) is 0.374. The Morgan fingerprint density at radius 2 is 2.09 bits per heavy atom. The van der Waals surface area contributed by atoms with E-state index in [-0.39, 0.29) is 5.91 Å². The van der Waals surface area contributed by atoms with Gasteiger partial charge in [-0.05, 0) is 19.3 Å². The van der Waals surface area contributed by atoms with Crippen LogP contribution >= 0.6 is 0 Å². The van der Waals surface area contributed by atoms with Gasteiger partial charge in [-0.2, -0.15) is 0 Å². The molecule has 2 atom stereocenters. The largest absolute Gasteiger partial charge is 0.354 e. The number of rotatable bonds is 2. The Hall–Kier alpha value is -0.610.